The Labute approximate surface area is 550 Å². The van der Waals surface area contributed by atoms with Crippen LogP contribution in [0.25, 0.3) is 0 Å². The summed E-state index contributed by atoms with van der Waals surface area (Å²) in [5.41, 5.74) is 0. The largest absolute Gasteiger partial charge is 3.00 e. The second-order valence-corrected chi connectivity index (χ2v) is 21.6. The molecule has 91 heavy (non-hydrogen) atoms. The van der Waals surface area contributed by atoms with Gasteiger partial charge in [-0.2, -0.15) is 0 Å². The van der Waals surface area contributed by atoms with Crippen molar-refractivity contribution in [2.75, 3.05) is 137 Å². The van der Waals surface area contributed by atoms with Crippen LogP contribution in [0.5, 0.6) is 0 Å². The fourth-order valence-corrected chi connectivity index (χ4v) is 11.2. The maximum Gasteiger partial charge on any atom is 3.00 e. The van der Waals surface area contributed by atoms with Gasteiger partial charge in [0.05, 0.1) is 96.4 Å². The predicted molar refractivity (Wildman–Crippen MR) is 290 cm³/mol. The van der Waals surface area contributed by atoms with Gasteiger partial charge in [0.2, 0.25) is 0 Å². The normalized spacial score (nSPS) is 19.5. The van der Waals surface area contributed by atoms with Gasteiger partial charge in [0, 0.05) is 95.2 Å². The van der Waals surface area contributed by atoms with Crippen molar-refractivity contribution in [2.24, 2.45) is 0 Å². The first-order chi connectivity index (χ1) is 41.9. The van der Waals surface area contributed by atoms with Crippen molar-refractivity contribution in [2.45, 2.75) is 94.0 Å². The Morgan fingerprint density at radius 3 is 0.451 bits per heavy atom. The molecule has 0 amide bonds. The average molecular weight is 1450 g/mol. The third kappa shape index (κ3) is 38.5. The number of aliphatic carboxylic acids is 15. The Morgan fingerprint density at radius 1 is 0.253 bits per heavy atom. The van der Waals surface area contributed by atoms with Gasteiger partial charge in [0.1, 0.15) is 0 Å². The van der Waals surface area contributed by atoms with Crippen LogP contribution < -0.4 is 15.3 Å². The first kappa shape index (κ1) is 84.0. The summed E-state index contributed by atoms with van der Waals surface area (Å²) in [6.07, 6.45) is 4.61. The molecule has 3 saturated heterocycles. The quantitative estimate of drug-likeness (QED) is 0.0270. The van der Waals surface area contributed by atoms with E-state index in [4.69, 9.17) is 61.3 Å². The van der Waals surface area contributed by atoms with Gasteiger partial charge in [-0.3, -0.25) is 102 Å². The van der Waals surface area contributed by atoms with Crippen LogP contribution in [0.3, 0.4) is 0 Å². The molecule has 0 spiro atoms. The summed E-state index contributed by atoms with van der Waals surface area (Å²) in [6, 6.07) is -3.10. The van der Waals surface area contributed by atoms with E-state index in [0.717, 1.165) is 0 Å². The zero-order valence-corrected chi connectivity index (χ0v) is 51.5. The molecule has 3 aliphatic heterocycles. The summed E-state index contributed by atoms with van der Waals surface area (Å²) in [6.45, 7) is -8.29. The van der Waals surface area contributed by atoms with Crippen LogP contribution in [0.15, 0.2) is 0 Å². The van der Waals surface area contributed by atoms with E-state index in [1.807, 2.05) is 0 Å². The number of carbonyl (C=O) groups is 15. The number of hydrogen-bond donors (Lipinski definition) is 12. The topological polar surface area (TPSA) is 597 Å². The molecule has 3 fully saturated rings. The second-order valence-electron chi connectivity index (χ2n) is 21.6. The van der Waals surface area contributed by atoms with Gasteiger partial charge in [-0.15, -0.1) is 0 Å². The van der Waals surface area contributed by atoms with Gasteiger partial charge in [-0.1, -0.05) is 19.3 Å². The monoisotopic (exact) mass is 1450 g/mol. The molecule has 0 aromatic carbocycles. The molecule has 0 aromatic heterocycles. The molecule has 515 valence electrons. The number of carbonyl (C=O) groups excluding carboxylic acids is 3. The van der Waals surface area contributed by atoms with Crippen LogP contribution in [-0.2, 0) is 71.9 Å². The zero-order chi connectivity index (χ0) is 68.5. The van der Waals surface area contributed by atoms with Crippen LogP contribution in [0, 0.1) is 39.9 Å². The second kappa shape index (κ2) is 43.7. The van der Waals surface area contributed by atoms with Crippen molar-refractivity contribution in [3.8, 4) is 0 Å². The molecule has 6 unspecified atom stereocenters. The van der Waals surface area contributed by atoms with E-state index in [2.05, 4.69) is 0 Å². The maximum atomic E-state index is 11.3. The van der Waals surface area contributed by atoms with Crippen molar-refractivity contribution in [3.05, 3.63) is 0 Å². The fourth-order valence-electron chi connectivity index (χ4n) is 11.2. The van der Waals surface area contributed by atoms with E-state index in [1.165, 1.54) is 44.1 Å². The number of rotatable bonds is 42. The van der Waals surface area contributed by atoms with Gasteiger partial charge < -0.3 is 91.0 Å². The molecule has 0 bridgehead atoms. The summed E-state index contributed by atoms with van der Waals surface area (Å²) in [7, 11) is 0. The molecular formula is C51H78GdN9O30. The molecule has 39 nitrogen and oxygen atoms in total. The average Bonchev–Trinajstić information content (AvgIpc) is 1.07. The van der Waals surface area contributed by atoms with Crippen LogP contribution in [0.2, 0.25) is 0 Å². The SMILES string of the molecule is O=C([O-])CN1C(CN(CC(=O)O)CC(=O)O)CCCC1CN(CC(=O)O)CC(=O)O.O=C([O-])CN1C(CN(CC(=O)O)CC(=O)O)CCCC1CN(CC(=O)O)CC(=O)O.O=C([O-])CN1C(CN(CC(=O)O)CC(=O)O)CCCC1CN(CC(=O)O)CC(=O)O.[Gd+3]. The Kier molecular flexibility index (Phi) is 40.4. The van der Waals surface area contributed by atoms with Crippen molar-refractivity contribution < 1.29 is 188 Å². The number of carboxylic acids is 15. The van der Waals surface area contributed by atoms with E-state index in [9.17, 15) is 87.2 Å². The molecule has 3 heterocycles. The van der Waals surface area contributed by atoms with Crippen molar-refractivity contribution in [1.29, 1.82) is 0 Å². The van der Waals surface area contributed by atoms with E-state index in [1.54, 1.807) is 0 Å². The van der Waals surface area contributed by atoms with E-state index in [-0.39, 0.29) is 79.2 Å². The summed E-state index contributed by atoms with van der Waals surface area (Å²) in [5.74, 6) is -19.0. The predicted octanol–water partition coefficient (Wildman–Crippen LogP) is -9.29. The third-order valence-electron chi connectivity index (χ3n) is 14.1. The number of nitrogens with zero attached hydrogens (tertiary/aromatic N) is 9. The molecule has 6 atom stereocenters. The van der Waals surface area contributed by atoms with Gasteiger partial charge in [0.25, 0.3) is 0 Å². The van der Waals surface area contributed by atoms with Crippen LogP contribution >= 0.6 is 0 Å². The van der Waals surface area contributed by atoms with Crippen molar-refractivity contribution in [1.82, 2.24) is 44.1 Å². The number of likely N-dealkylation sites (tertiary alicyclic amines) is 3. The van der Waals surface area contributed by atoms with Gasteiger partial charge >= 0.3 is 112 Å². The van der Waals surface area contributed by atoms with Gasteiger partial charge in [0.15, 0.2) is 0 Å². The molecule has 0 aromatic rings. The molecular weight excluding hydrogens is 1380 g/mol. The minimum Gasteiger partial charge on any atom is -0.549 e. The fraction of sp³-hybridized carbons (Fsp3) is 0.706. The molecule has 3 rings (SSSR count). The Balaban J connectivity index is 0.00000133. The Hall–Kier alpha value is -6.99. The van der Waals surface area contributed by atoms with Crippen molar-refractivity contribution >= 4 is 89.5 Å². The smallest absolute Gasteiger partial charge is 0.549 e. The first-order valence-corrected chi connectivity index (χ1v) is 27.7. The standard InChI is InChI=1S/3C17H27N3O10.Gd/c3*21-13(22)6-18(7-14(23)24)4-11-2-1-3-12(20(11)10-17(29)30)5-19(8-15(25)26)9-16(27)28;/h3*11-12H,1-10H2,(H,21,22)(H,23,24)(H,25,26)(H,27,28)(H,29,30);/q;;;+3/p-3. The van der Waals surface area contributed by atoms with Gasteiger partial charge in [-0.05, 0) is 38.5 Å². The van der Waals surface area contributed by atoms with Gasteiger partial charge in [-0.25, -0.2) is 0 Å². The minimum absolute atomic E-state index is 0. The summed E-state index contributed by atoms with van der Waals surface area (Å²) >= 11 is 0. The molecule has 0 saturated carbocycles. The van der Waals surface area contributed by atoms with E-state index < -0.39 is 224 Å². The Morgan fingerprint density at radius 2 is 0.363 bits per heavy atom. The molecule has 40 heteroatoms. The molecule has 3 aliphatic rings. The van der Waals surface area contributed by atoms with E-state index >= 15 is 0 Å². The first-order valence-electron chi connectivity index (χ1n) is 27.7. The Bertz CT molecular complexity index is 2000. The molecule has 1 radical (unpaired) electrons. The van der Waals surface area contributed by atoms with Crippen LogP contribution in [0.1, 0.15) is 57.8 Å². The van der Waals surface area contributed by atoms with Crippen LogP contribution in [-0.4, -0.2) is 369 Å². The third-order valence-corrected chi connectivity index (χ3v) is 14.1. The molecule has 12 N–H and O–H groups in total. The maximum absolute atomic E-state index is 11.3. The molecule has 0 aliphatic carbocycles. The number of hydrogen-bond acceptors (Lipinski definition) is 27. The summed E-state index contributed by atoms with van der Waals surface area (Å²) in [4.78, 5) is 178. The zero-order valence-electron chi connectivity index (χ0n) is 49.3. The van der Waals surface area contributed by atoms with E-state index in [0.29, 0.717) is 57.8 Å². The summed E-state index contributed by atoms with van der Waals surface area (Å²) in [5, 5.41) is 142. The van der Waals surface area contributed by atoms with Crippen molar-refractivity contribution in [3.63, 3.8) is 0 Å². The summed E-state index contributed by atoms with van der Waals surface area (Å²) < 4.78 is 0. The number of carboxylic acid groups (broad SMARTS) is 15. The number of piperidine rings is 3. The van der Waals surface area contributed by atoms with Crippen LogP contribution in [0.4, 0.5) is 0 Å². The minimum atomic E-state index is -1.40.